The standard InChI is InChI=1S/C24H37N3O6/c1-16(2)15-20(27-24(31)33-14-13-32-3)22(29)26-19(12-9-17-7-5-4-6-8-17)21(28)23(30)25-18-10-11-18/h4-8,16,18-21,28H,9-15H2,1-3H3,(H,25,30)(H,26,29)(H,27,31)/t19-,20-,21?/m0/s1. The smallest absolute Gasteiger partial charge is 0.407 e. The first-order valence-corrected chi connectivity index (χ1v) is 11.5. The molecule has 33 heavy (non-hydrogen) atoms. The molecule has 0 spiro atoms. The second-order valence-electron chi connectivity index (χ2n) is 8.82. The van der Waals surface area contributed by atoms with E-state index in [-0.39, 0.29) is 25.2 Å². The summed E-state index contributed by atoms with van der Waals surface area (Å²) in [4.78, 5) is 37.7. The maximum Gasteiger partial charge on any atom is 0.407 e. The van der Waals surface area contributed by atoms with Crippen LogP contribution in [0, 0.1) is 5.92 Å². The molecule has 0 radical (unpaired) electrons. The fourth-order valence-corrected chi connectivity index (χ4v) is 3.36. The summed E-state index contributed by atoms with van der Waals surface area (Å²) in [7, 11) is 1.50. The molecule has 1 aromatic rings. The molecular formula is C24H37N3O6. The number of methoxy groups -OCH3 is 1. The van der Waals surface area contributed by atoms with Crippen LogP contribution in [0.15, 0.2) is 30.3 Å². The summed E-state index contributed by atoms with van der Waals surface area (Å²) < 4.78 is 9.88. The summed E-state index contributed by atoms with van der Waals surface area (Å²) in [6, 6.07) is 8.07. The highest BCUT2D eigenvalue weighted by Gasteiger charge is 2.33. The average Bonchev–Trinajstić information content (AvgIpc) is 3.60. The Balaban J connectivity index is 2.05. The number of amides is 3. The molecule has 1 saturated carbocycles. The van der Waals surface area contributed by atoms with Crippen molar-refractivity contribution in [3.63, 3.8) is 0 Å². The number of aliphatic hydroxyl groups excluding tert-OH is 1. The van der Waals surface area contributed by atoms with Crippen LogP contribution in [0.2, 0.25) is 0 Å². The van der Waals surface area contributed by atoms with Gasteiger partial charge >= 0.3 is 6.09 Å². The molecule has 0 aliphatic heterocycles. The summed E-state index contributed by atoms with van der Waals surface area (Å²) >= 11 is 0. The summed E-state index contributed by atoms with van der Waals surface area (Å²) in [6.07, 6.45) is 0.979. The number of hydrogen-bond acceptors (Lipinski definition) is 6. The number of ether oxygens (including phenoxy) is 2. The molecule has 9 nitrogen and oxygen atoms in total. The minimum absolute atomic E-state index is 0.0676. The van der Waals surface area contributed by atoms with Crippen LogP contribution in [0.3, 0.4) is 0 Å². The third-order valence-corrected chi connectivity index (χ3v) is 5.32. The summed E-state index contributed by atoms with van der Waals surface area (Å²) in [6.45, 7) is 4.18. The van der Waals surface area contributed by atoms with Crippen LogP contribution in [0.1, 0.15) is 45.1 Å². The van der Waals surface area contributed by atoms with E-state index in [1.807, 2.05) is 44.2 Å². The van der Waals surface area contributed by atoms with Gasteiger partial charge in [-0.05, 0) is 43.6 Å². The first kappa shape index (κ1) is 26.6. The molecule has 0 aromatic heterocycles. The van der Waals surface area contributed by atoms with Gasteiger partial charge in [0.1, 0.15) is 12.6 Å². The van der Waals surface area contributed by atoms with E-state index in [0.717, 1.165) is 18.4 Å². The number of carbonyl (C=O) groups excluding carboxylic acids is 3. The number of aryl methyl sites for hydroxylation is 1. The first-order chi connectivity index (χ1) is 15.8. The molecule has 0 heterocycles. The zero-order chi connectivity index (χ0) is 24.2. The molecule has 1 aliphatic carbocycles. The predicted octanol–water partition coefficient (Wildman–Crippen LogP) is 1.53. The van der Waals surface area contributed by atoms with Crippen LogP contribution in [0.4, 0.5) is 4.79 Å². The lowest BCUT2D eigenvalue weighted by molar-refractivity contribution is -0.133. The second kappa shape index (κ2) is 13.8. The number of nitrogens with one attached hydrogen (secondary N) is 3. The van der Waals surface area contributed by atoms with Gasteiger partial charge in [0, 0.05) is 13.2 Å². The number of carbonyl (C=O) groups is 3. The van der Waals surface area contributed by atoms with Gasteiger partial charge in [-0.2, -0.15) is 0 Å². The summed E-state index contributed by atoms with van der Waals surface area (Å²) in [5, 5.41) is 18.9. The van der Waals surface area contributed by atoms with Crippen molar-refractivity contribution in [2.45, 2.75) is 70.2 Å². The van der Waals surface area contributed by atoms with E-state index in [9.17, 15) is 19.5 Å². The third-order valence-electron chi connectivity index (χ3n) is 5.32. The lowest BCUT2D eigenvalue weighted by Crippen LogP contribution is -2.56. The highest BCUT2D eigenvalue weighted by atomic mass is 16.6. The highest BCUT2D eigenvalue weighted by molar-refractivity contribution is 5.87. The summed E-state index contributed by atoms with van der Waals surface area (Å²) in [5.74, 6) is -0.849. The van der Waals surface area contributed by atoms with E-state index in [2.05, 4.69) is 16.0 Å². The minimum atomic E-state index is -1.40. The van der Waals surface area contributed by atoms with Crippen LogP contribution < -0.4 is 16.0 Å². The Kier molecular flexibility index (Phi) is 11.1. The molecule has 0 bridgehead atoms. The van der Waals surface area contributed by atoms with Crippen LogP contribution in [-0.2, 0) is 25.5 Å². The Morgan fingerprint density at radius 1 is 1.06 bits per heavy atom. The van der Waals surface area contributed by atoms with E-state index in [1.165, 1.54) is 7.11 Å². The van der Waals surface area contributed by atoms with E-state index in [1.54, 1.807) is 0 Å². The predicted molar refractivity (Wildman–Crippen MR) is 123 cm³/mol. The molecule has 1 unspecified atom stereocenters. The van der Waals surface area contributed by atoms with Gasteiger partial charge < -0.3 is 30.5 Å². The molecule has 0 saturated heterocycles. The largest absolute Gasteiger partial charge is 0.447 e. The van der Waals surface area contributed by atoms with Crippen molar-refractivity contribution in [3.8, 4) is 0 Å². The second-order valence-corrected chi connectivity index (χ2v) is 8.82. The first-order valence-electron chi connectivity index (χ1n) is 11.5. The number of hydrogen-bond donors (Lipinski definition) is 4. The SMILES string of the molecule is COCCOC(=O)N[C@@H](CC(C)C)C(=O)N[C@@H](CCc1ccccc1)C(O)C(=O)NC1CC1. The zero-order valence-corrected chi connectivity index (χ0v) is 19.7. The number of benzene rings is 1. The lowest BCUT2D eigenvalue weighted by atomic mass is 9.98. The van der Waals surface area contributed by atoms with Crippen molar-refractivity contribution in [3.05, 3.63) is 35.9 Å². The molecule has 1 aliphatic rings. The van der Waals surface area contributed by atoms with Crippen LogP contribution in [0.25, 0.3) is 0 Å². The number of aliphatic hydroxyl groups is 1. The van der Waals surface area contributed by atoms with Gasteiger partial charge in [-0.15, -0.1) is 0 Å². The Morgan fingerprint density at radius 3 is 2.36 bits per heavy atom. The van der Waals surface area contributed by atoms with Crippen molar-refractivity contribution in [1.82, 2.24) is 16.0 Å². The monoisotopic (exact) mass is 463 g/mol. The topological polar surface area (TPSA) is 126 Å². The van der Waals surface area contributed by atoms with Crippen molar-refractivity contribution in [1.29, 1.82) is 0 Å². The van der Waals surface area contributed by atoms with Crippen molar-refractivity contribution < 1.29 is 29.0 Å². The van der Waals surface area contributed by atoms with Gasteiger partial charge in [0.2, 0.25) is 5.91 Å². The molecule has 3 atom stereocenters. The highest BCUT2D eigenvalue weighted by Crippen LogP contribution is 2.19. The van der Waals surface area contributed by atoms with Gasteiger partial charge in [0.05, 0.1) is 12.6 Å². The Bertz CT molecular complexity index is 754. The number of rotatable bonds is 14. The quantitative estimate of drug-likeness (QED) is 0.310. The fourth-order valence-electron chi connectivity index (χ4n) is 3.36. The van der Waals surface area contributed by atoms with Gasteiger partial charge in [0.15, 0.2) is 6.10 Å². The van der Waals surface area contributed by atoms with E-state index in [0.29, 0.717) is 19.3 Å². The average molecular weight is 464 g/mol. The third kappa shape index (κ3) is 10.2. The maximum atomic E-state index is 13.1. The molecular weight excluding hydrogens is 426 g/mol. The van der Waals surface area contributed by atoms with Gasteiger partial charge in [-0.1, -0.05) is 44.2 Å². The molecule has 3 amide bonds. The molecule has 2 rings (SSSR count). The zero-order valence-electron chi connectivity index (χ0n) is 19.7. The summed E-state index contributed by atoms with van der Waals surface area (Å²) in [5.41, 5.74) is 1.03. The van der Waals surface area contributed by atoms with Crippen LogP contribution in [-0.4, -0.2) is 67.6 Å². The molecule has 1 aromatic carbocycles. The minimum Gasteiger partial charge on any atom is -0.447 e. The normalized spacial score (nSPS) is 15.9. The molecule has 1 fully saturated rings. The number of alkyl carbamates (subject to hydrolysis) is 1. The Morgan fingerprint density at radius 2 is 1.76 bits per heavy atom. The van der Waals surface area contributed by atoms with E-state index in [4.69, 9.17) is 9.47 Å². The van der Waals surface area contributed by atoms with Gasteiger partial charge in [-0.3, -0.25) is 9.59 Å². The van der Waals surface area contributed by atoms with Crippen LogP contribution >= 0.6 is 0 Å². The van der Waals surface area contributed by atoms with Crippen molar-refractivity contribution >= 4 is 17.9 Å². The molecule has 9 heteroatoms. The maximum absolute atomic E-state index is 13.1. The van der Waals surface area contributed by atoms with E-state index >= 15 is 0 Å². The Labute approximate surface area is 195 Å². The van der Waals surface area contributed by atoms with Crippen molar-refractivity contribution in [2.75, 3.05) is 20.3 Å². The van der Waals surface area contributed by atoms with Gasteiger partial charge in [0.25, 0.3) is 5.91 Å². The van der Waals surface area contributed by atoms with Crippen LogP contribution in [0.5, 0.6) is 0 Å². The van der Waals surface area contributed by atoms with E-state index < -0.39 is 36.1 Å². The van der Waals surface area contributed by atoms with Crippen molar-refractivity contribution in [2.24, 2.45) is 5.92 Å². The molecule has 4 N–H and O–H groups in total. The fraction of sp³-hybridized carbons (Fsp3) is 0.625. The Hall–Kier alpha value is -2.65. The molecule has 184 valence electrons. The lowest BCUT2D eigenvalue weighted by Gasteiger charge is -2.27. The van der Waals surface area contributed by atoms with Gasteiger partial charge in [-0.25, -0.2) is 4.79 Å².